The maximum atomic E-state index is 5.63. The van der Waals surface area contributed by atoms with Gasteiger partial charge in [0.1, 0.15) is 5.75 Å². The van der Waals surface area contributed by atoms with Crippen LogP contribution in [0.5, 0.6) is 5.75 Å². The van der Waals surface area contributed by atoms with Gasteiger partial charge in [0.15, 0.2) is 0 Å². The minimum absolute atomic E-state index is 0.0276. The molecule has 0 fully saturated rings. The highest BCUT2D eigenvalue weighted by atomic mass is 79.9. The van der Waals surface area contributed by atoms with Crippen LogP contribution in [0.3, 0.4) is 0 Å². The van der Waals surface area contributed by atoms with Crippen molar-refractivity contribution in [1.82, 2.24) is 10.4 Å². The molecule has 0 saturated heterocycles. The molecule has 0 spiro atoms. The van der Waals surface area contributed by atoms with E-state index in [1.165, 1.54) is 0 Å². The Morgan fingerprint density at radius 1 is 1.37 bits per heavy atom. The van der Waals surface area contributed by atoms with Crippen molar-refractivity contribution in [2.75, 3.05) is 7.11 Å². The van der Waals surface area contributed by atoms with Crippen LogP contribution in [0.4, 0.5) is 0 Å². The monoisotopic (exact) mass is 321 g/mol. The van der Waals surface area contributed by atoms with Gasteiger partial charge in [-0.3, -0.25) is 16.3 Å². The molecule has 1 unspecified atom stereocenters. The van der Waals surface area contributed by atoms with Crippen molar-refractivity contribution in [2.24, 2.45) is 5.84 Å². The van der Waals surface area contributed by atoms with E-state index in [9.17, 15) is 0 Å². The maximum Gasteiger partial charge on any atom is 0.119 e. The average molecular weight is 322 g/mol. The number of nitrogens with two attached hydrogens (primary N) is 1. The van der Waals surface area contributed by atoms with E-state index in [1.807, 2.05) is 36.4 Å². The molecule has 5 heteroatoms. The summed E-state index contributed by atoms with van der Waals surface area (Å²) in [5, 5.41) is 0. The molecule has 1 atom stereocenters. The van der Waals surface area contributed by atoms with E-state index in [0.29, 0.717) is 0 Å². The van der Waals surface area contributed by atoms with Crippen molar-refractivity contribution >= 4 is 15.9 Å². The van der Waals surface area contributed by atoms with E-state index in [0.717, 1.165) is 27.9 Å². The summed E-state index contributed by atoms with van der Waals surface area (Å²) in [5.41, 5.74) is 4.86. The molecule has 0 aliphatic rings. The third-order valence-electron chi connectivity index (χ3n) is 2.88. The molecule has 0 aliphatic carbocycles. The van der Waals surface area contributed by atoms with Crippen LogP contribution in [0.25, 0.3) is 0 Å². The van der Waals surface area contributed by atoms with Crippen molar-refractivity contribution < 1.29 is 4.74 Å². The molecule has 2 aromatic rings. The number of hydrogen-bond acceptors (Lipinski definition) is 4. The standard InChI is InChI=1S/C14H16BrN3O/c1-19-12-4-2-3-10(7-12)8-14(18-16)13-6-5-11(15)9-17-13/h2-7,9,14,18H,8,16H2,1H3. The van der Waals surface area contributed by atoms with E-state index in [2.05, 4.69) is 26.3 Å². The Morgan fingerprint density at radius 2 is 2.21 bits per heavy atom. The molecule has 0 bridgehead atoms. The van der Waals surface area contributed by atoms with Crippen LogP contribution in [-0.4, -0.2) is 12.1 Å². The molecule has 2 rings (SSSR count). The molecular weight excluding hydrogens is 306 g/mol. The molecule has 0 amide bonds. The van der Waals surface area contributed by atoms with E-state index >= 15 is 0 Å². The van der Waals surface area contributed by atoms with Crippen molar-refractivity contribution in [3.63, 3.8) is 0 Å². The van der Waals surface area contributed by atoms with Gasteiger partial charge in [-0.1, -0.05) is 12.1 Å². The molecule has 0 saturated carbocycles. The normalized spacial score (nSPS) is 12.2. The SMILES string of the molecule is COc1cccc(CC(NN)c2ccc(Br)cn2)c1. The van der Waals surface area contributed by atoms with Crippen LogP contribution in [0, 0.1) is 0 Å². The fraction of sp³-hybridized carbons (Fsp3) is 0.214. The number of rotatable bonds is 5. The summed E-state index contributed by atoms with van der Waals surface area (Å²) in [6.45, 7) is 0. The van der Waals surface area contributed by atoms with Crippen LogP contribution < -0.4 is 16.0 Å². The van der Waals surface area contributed by atoms with E-state index in [4.69, 9.17) is 10.6 Å². The first-order valence-electron chi connectivity index (χ1n) is 5.93. The third-order valence-corrected chi connectivity index (χ3v) is 3.35. The van der Waals surface area contributed by atoms with E-state index in [1.54, 1.807) is 13.3 Å². The highest BCUT2D eigenvalue weighted by molar-refractivity contribution is 9.10. The number of hydrogen-bond donors (Lipinski definition) is 2. The Hall–Kier alpha value is -1.43. The Kier molecular flexibility index (Phi) is 4.90. The lowest BCUT2D eigenvalue weighted by atomic mass is 10.0. The second-order valence-electron chi connectivity index (χ2n) is 4.18. The number of pyridine rings is 1. The van der Waals surface area contributed by atoms with Gasteiger partial charge in [0.05, 0.1) is 18.8 Å². The van der Waals surface area contributed by atoms with Crippen molar-refractivity contribution in [3.05, 3.63) is 58.3 Å². The van der Waals surface area contributed by atoms with Gasteiger partial charge in [0.2, 0.25) is 0 Å². The lowest BCUT2D eigenvalue weighted by Gasteiger charge is -2.16. The first-order chi connectivity index (χ1) is 9.22. The molecular formula is C14H16BrN3O. The van der Waals surface area contributed by atoms with E-state index < -0.39 is 0 Å². The average Bonchev–Trinajstić information content (AvgIpc) is 2.46. The number of ether oxygens (including phenoxy) is 1. The van der Waals surface area contributed by atoms with Gasteiger partial charge in [0, 0.05) is 10.7 Å². The van der Waals surface area contributed by atoms with Crippen LogP contribution >= 0.6 is 15.9 Å². The van der Waals surface area contributed by atoms with Crippen molar-refractivity contribution in [2.45, 2.75) is 12.5 Å². The molecule has 1 aromatic heterocycles. The third kappa shape index (κ3) is 3.76. The van der Waals surface area contributed by atoms with Gasteiger partial charge in [-0.25, -0.2) is 0 Å². The second-order valence-corrected chi connectivity index (χ2v) is 5.09. The number of aromatic nitrogens is 1. The van der Waals surface area contributed by atoms with Gasteiger partial charge in [-0.15, -0.1) is 0 Å². The van der Waals surface area contributed by atoms with Gasteiger partial charge < -0.3 is 4.74 Å². The lowest BCUT2D eigenvalue weighted by Crippen LogP contribution is -2.30. The fourth-order valence-electron chi connectivity index (χ4n) is 1.88. The zero-order valence-electron chi connectivity index (χ0n) is 10.6. The van der Waals surface area contributed by atoms with Crippen LogP contribution in [-0.2, 0) is 6.42 Å². The first kappa shape index (κ1) is 14.0. The molecule has 100 valence electrons. The largest absolute Gasteiger partial charge is 0.497 e. The molecule has 0 radical (unpaired) electrons. The summed E-state index contributed by atoms with van der Waals surface area (Å²) < 4.78 is 6.17. The maximum absolute atomic E-state index is 5.63. The van der Waals surface area contributed by atoms with Crippen LogP contribution in [0.2, 0.25) is 0 Å². The second kappa shape index (κ2) is 6.65. The number of benzene rings is 1. The highest BCUT2D eigenvalue weighted by Crippen LogP contribution is 2.20. The van der Waals surface area contributed by atoms with Gasteiger partial charge >= 0.3 is 0 Å². The topological polar surface area (TPSA) is 60.2 Å². The zero-order chi connectivity index (χ0) is 13.7. The summed E-state index contributed by atoms with van der Waals surface area (Å²) in [6, 6.07) is 11.8. The number of halogens is 1. The number of hydrazine groups is 1. The first-order valence-corrected chi connectivity index (χ1v) is 6.72. The molecule has 1 heterocycles. The van der Waals surface area contributed by atoms with E-state index in [-0.39, 0.29) is 6.04 Å². The van der Waals surface area contributed by atoms with Gasteiger partial charge in [-0.2, -0.15) is 0 Å². The van der Waals surface area contributed by atoms with Crippen molar-refractivity contribution in [1.29, 1.82) is 0 Å². The van der Waals surface area contributed by atoms with Crippen LogP contribution in [0.1, 0.15) is 17.3 Å². The Bertz CT molecular complexity index is 530. The molecule has 1 aromatic carbocycles. The molecule has 0 aliphatic heterocycles. The predicted octanol–water partition coefficient (Wildman–Crippen LogP) is 2.60. The van der Waals surface area contributed by atoms with Gasteiger partial charge in [-0.05, 0) is 52.2 Å². The Labute approximate surface area is 121 Å². The summed E-state index contributed by atoms with van der Waals surface area (Å²) >= 11 is 3.37. The molecule has 3 N–H and O–H groups in total. The van der Waals surface area contributed by atoms with Crippen LogP contribution in [0.15, 0.2) is 47.1 Å². The summed E-state index contributed by atoms with van der Waals surface area (Å²) in [7, 11) is 1.66. The summed E-state index contributed by atoms with van der Waals surface area (Å²) in [4.78, 5) is 4.37. The quantitative estimate of drug-likeness (QED) is 0.656. The number of nitrogens with one attached hydrogen (secondary N) is 1. The van der Waals surface area contributed by atoms with Crippen molar-refractivity contribution in [3.8, 4) is 5.75 Å². The van der Waals surface area contributed by atoms with Gasteiger partial charge in [0.25, 0.3) is 0 Å². The fourth-order valence-corrected chi connectivity index (χ4v) is 2.11. The summed E-state index contributed by atoms with van der Waals surface area (Å²) in [5.74, 6) is 6.47. The number of nitrogens with zero attached hydrogens (tertiary/aromatic N) is 1. The molecule has 4 nitrogen and oxygen atoms in total. The summed E-state index contributed by atoms with van der Waals surface area (Å²) in [6.07, 6.45) is 2.52. The minimum atomic E-state index is -0.0276. The number of methoxy groups -OCH3 is 1. The molecule has 19 heavy (non-hydrogen) atoms. The smallest absolute Gasteiger partial charge is 0.119 e. The zero-order valence-corrected chi connectivity index (χ0v) is 12.2. The lowest BCUT2D eigenvalue weighted by molar-refractivity contribution is 0.413. The predicted molar refractivity (Wildman–Crippen MR) is 78.7 cm³/mol. The Balaban J connectivity index is 2.16. The highest BCUT2D eigenvalue weighted by Gasteiger charge is 2.12. The minimum Gasteiger partial charge on any atom is -0.497 e. The Morgan fingerprint density at radius 3 is 2.84 bits per heavy atom.